The largest absolute Gasteiger partial charge is 0.438 e. The number of benzene rings is 3. The van der Waals surface area contributed by atoms with Crippen LogP contribution in [0.3, 0.4) is 0 Å². The molecule has 0 heterocycles. The molecule has 0 aliphatic carbocycles. The van der Waals surface area contributed by atoms with Gasteiger partial charge in [0.2, 0.25) is 5.90 Å². The van der Waals surface area contributed by atoms with Gasteiger partial charge in [0, 0.05) is 5.56 Å². The molecule has 0 saturated carbocycles. The fraction of sp³-hybridized carbons (Fsp3) is 0.0476. The molecule has 3 nitrogen and oxygen atoms in total. The summed E-state index contributed by atoms with van der Waals surface area (Å²) in [5.41, 5.74) is 3.46. The zero-order chi connectivity index (χ0) is 16.8. The Morgan fingerprint density at radius 1 is 0.917 bits per heavy atom. The lowest BCUT2D eigenvalue weighted by Gasteiger charge is -2.10. The summed E-state index contributed by atoms with van der Waals surface area (Å²) in [6, 6.07) is 26.8. The van der Waals surface area contributed by atoms with E-state index in [1.165, 1.54) is 0 Å². The maximum absolute atomic E-state index is 8.90. The minimum atomic E-state index is 0.523. The summed E-state index contributed by atoms with van der Waals surface area (Å²) in [4.78, 5) is 4.64. The van der Waals surface area contributed by atoms with E-state index < -0.39 is 0 Å². The summed E-state index contributed by atoms with van der Waals surface area (Å²) in [5.74, 6) is 1.17. The molecule has 0 bridgehead atoms. The molecule has 0 spiro atoms. The van der Waals surface area contributed by atoms with Crippen LogP contribution in [0.15, 0.2) is 83.9 Å². The van der Waals surface area contributed by atoms with Crippen LogP contribution in [-0.4, -0.2) is 5.90 Å². The third-order valence-electron chi connectivity index (χ3n) is 3.45. The van der Waals surface area contributed by atoms with Crippen molar-refractivity contribution in [2.45, 2.75) is 6.92 Å². The standard InChI is InChI=1S/C21H16N2O/c1-16-6-5-7-18(14-16)21(23-19-8-3-2-4-9-19)24-20-12-10-17(15-22)11-13-20/h2-14H,1H3. The predicted molar refractivity (Wildman–Crippen MR) is 95.6 cm³/mol. The van der Waals surface area contributed by atoms with Crippen molar-refractivity contribution in [2.75, 3.05) is 0 Å². The van der Waals surface area contributed by atoms with Crippen LogP contribution < -0.4 is 4.74 Å². The molecule has 0 aliphatic heterocycles. The van der Waals surface area contributed by atoms with Crippen LogP contribution in [0.5, 0.6) is 5.75 Å². The van der Waals surface area contributed by atoms with E-state index in [0.717, 1.165) is 16.8 Å². The first kappa shape index (κ1) is 15.5. The minimum Gasteiger partial charge on any atom is -0.438 e. The maximum Gasteiger partial charge on any atom is 0.227 e. The Morgan fingerprint density at radius 3 is 2.33 bits per heavy atom. The van der Waals surface area contributed by atoms with Crippen molar-refractivity contribution in [1.29, 1.82) is 5.26 Å². The molecular formula is C21H16N2O. The summed E-state index contributed by atoms with van der Waals surface area (Å²) in [6.45, 7) is 2.03. The van der Waals surface area contributed by atoms with Gasteiger partial charge in [-0.25, -0.2) is 4.99 Å². The maximum atomic E-state index is 8.90. The van der Waals surface area contributed by atoms with E-state index in [-0.39, 0.29) is 0 Å². The highest BCUT2D eigenvalue weighted by molar-refractivity contribution is 5.97. The zero-order valence-corrected chi connectivity index (χ0v) is 13.3. The number of nitrogens with zero attached hydrogens (tertiary/aromatic N) is 2. The molecule has 3 aromatic rings. The molecule has 116 valence electrons. The summed E-state index contributed by atoms with van der Waals surface area (Å²) >= 11 is 0. The van der Waals surface area contributed by atoms with Crippen LogP contribution >= 0.6 is 0 Å². The van der Waals surface area contributed by atoms with Gasteiger partial charge in [0.25, 0.3) is 0 Å². The van der Waals surface area contributed by atoms with Crippen LogP contribution in [0, 0.1) is 18.3 Å². The highest BCUT2D eigenvalue weighted by Gasteiger charge is 2.08. The second-order valence-electron chi connectivity index (χ2n) is 5.36. The number of hydrogen-bond donors (Lipinski definition) is 0. The van der Waals surface area contributed by atoms with Crippen molar-refractivity contribution in [3.8, 4) is 11.8 Å². The van der Waals surface area contributed by atoms with Crippen molar-refractivity contribution in [2.24, 2.45) is 4.99 Å². The molecule has 0 unspecified atom stereocenters. The second-order valence-corrected chi connectivity index (χ2v) is 5.36. The topological polar surface area (TPSA) is 45.4 Å². The molecule has 0 N–H and O–H groups in total. The van der Waals surface area contributed by atoms with E-state index in [2.05, 4.69) is 11.1 Å². The first-order valence-corrected chi connectivity index (χ1v) is 7.63. The highest BCUT2D eigenvalue weighted by Crippen LogP contribution is 2.19. The monoisotopic (exact) mass is 312 g/mol. The van der Waals surface area contributed by atoms with E-state index in [9.17, 15) is 0 Å². The third-order valence-corrected chi connectivity index (χ3v) is 3.45. The Balaban J connectivity index is 1.98. The lowest BCUT2D eigenvalue weighted by atomic mass is 10.1. The Bertz CT molecular complexity index is 891. The number of nitriles is 1. The lowest BCUT2D eigenvalue weighted by Crippen LogP contribution is -2.10. The van der Waals surface area contributed by atoms with Gasteiger partial charge in [-0.15, -0.1) is 0 Å². The smallest absolute Gasteiger partial charge is 0.227 e. The van der Waals surface area contributed by atoms with Crippen molar-refractivity contribution in [3.05, 3.63) is 95.6 Å². The molecule has 3 aromatic carbocycles. The van der Waals surface area contributed by atoms with Gasteiger partial charge < -0.3 is 4.74 Å². The van der Waals surface area contributed by atoms with Crippen molar-refractivity contribution < 1.29 is 4.74 Å². The van der Waals surface area contributed by atoms with E-state index in [1.807, 2.05) is 61.5 Å². The normalized spacial score (nSPS) is 10.9. The van der Waals surface area contributed by atoms with Crippen LogP contribution in [0.25, 0.3) is 0 Å². The molecule has 0 amide bonds. The van der Waals surface area contributed by atoms with Crippen molar-refractivity contribution >= 4 is 11.6 Å². The average Bonchev–Trinajstić information content (AvgIpc) is 2.63. The molecule has 0 saturated heterocycles. The summed E-state index contributed by atoms with van der Waals surface area (Å²) in [7, 11) is 0. The first-order chi connectivity index (χ1) is 11.7. The Morgan fingerprint density at radius 2 is 1.67 bits per heavy atom. The molecule has 0 fully saturated rings. The van der Waals surface area contributed by atoms with Gasteiger partial charge in [0.1, 0.15) is 5.75 Å². The van der Waals surface area contributed by atoms with Gasteiger partial charge in [-0.3, -0.25) is 0 Å². The van der Waals surface area contributed by atoms with Crippen molar-refractivity contribution in [1.82, 2.24) is 0 Å². The molecule has 0 radical (unpaired) electrons. The predicted octanol–water partition coefficient (Wildman–Crippen LogP) is 5.02. The molecule has 0 atom stereocenters. The average molecular weight is 312 g/mol. The summed E-state index contributed by atoms with van der Waals surface area (Å²) < 4.78 is 6.00. The van der Waals surface area contributed by atoms with E-state index in [1.54, 1.807) is 24.3 Å². The molecular weight excluding hydrogens is 296 g/mol. The van der Waals surface area contributed by atoms with Crippen LogP contribution in [0.2, 0.25) is 0 Å². The number of aliphatic imine (C=N–C) groups is 1. The minimum absolute atomic E-state index is 0.523. The lowest BCUT2D eigenvalue weighted by molar-refractivity contribution is 0.553. The van der Waals surface area contributed by atoms with Gasteiger partial charge in [0.05, 0.1) is 17.3 Å². The van der Waals surface area contributed by atoms with Crippen molar-refractivity contribution in [3.63, 3.8) is 0 Å². The van der Waals surface area contributed by atoms with Gasteiger partial charge in [-0.05, 0) is 55.5 Å². The quantitative estimate of drug-likeness (QED) is 0.503. The zero-order valence-electron chi connectivity index (χ0n) is 13.3. The highest BCUT2D eigenvalue weighted by atomic mass is 16.5. The number of rotatable bonds is 3. The third kappa shape index (κ3) is 3.88. The summed E-state index contributed by atoms with van der Waals surface area (Å²) in [5, 5.41) is 8.90. The Labute approximate surface area is 141 Å². The molecule has 0 aliphatic rings. The fourth-order valence-electron chi connectivity index (χ4n) is 2.25. The van der Waals surface area contributed by atoms with E-state index >= 15 is 0 Å². The Hall–Kier alpha value is -3.38. The molecule has 3 rings (SSSR count). The Kier molecular flexibility index (Phi) is 4.69. The van der Waals surface area contributed by atoms with Gasteiger partial charge in [-0.2, -0.15) is 5.26 Å². The van der Waals surface area contributed by atoms with E-state index in [4.69, 9.17) is 10.00 Å². The summed E-state index contributed by atoms with van der Waals surface area (Å²) in [6.07, 6.45) is 0. The van der Waals surface area contributed by atoms with Gasteiger partial charge in [-0.1, -0.05) is 35.9 Å². The van der Waals surface area contributed by atoms with Crippen LogP contribution in [0.4, 0.5) is 5.69 Å². The second kappa shape index (κ2) is 7.26. The van der Waals surface area contributed by atoms with Gasteiger partial charge in [0.15, 0.2) is 0 Å². The number of aryl methyl sites for hydroxylation is 1. The first-order valence-electron chi connectivity index (χ1n) is 7.63. The SMILES string of the molecule is Cc1cccc(C(=Nc2ccccc2)Oc2ccc(C#N)cc2)c1. The molecule has 3 heteroatoms. The molecule has 0 aromatic heterocycles. The number of hydrogen-bond acceptors (Lipinski definition) is 3. The molecule has 24 heavy (non-hydrogen) atoms. The number of ether oxygens (including phenoxy) is 1. The van der Waals surface area contributed by atoms with E-state index in [0.29, 0.717) is 17.2 Å². The van der Waals surface area contributed by atoms with Crippen LogP contribution in [0.1, 0.15) is 16.7 Å². The van der Waals surface area contributed by atoms with Crippen LogP contribution in [-0.2, 0) is 0 Å². The number of para-hydroxylation sites is 1. The fourth-order valence-corrected chi connectivity index (χ4v) is 2.25. The van der Waals surface area contributed by atoms with Gasteiger partial charge >= 0.3 is 0 Å².